The Morgan fingerprint density at radius 2 is 1.13 bits per heavy atom. The van der Waals surface area contributed by atoms with Gasteiger partial charge in [0.1, 0.15) is 0 Å². The molecule has 0 spiro atoms. The first-order valence-corrected chi connectivity index (χ1v) is 10.5. The Bertz CT molecular complexity index is 1640. The molecule has 0 aliphatic heterocycles. The highest BCUT2D eigenvalue weighted by molar-refractivity contribution is 6.27. The molecule has 5 aromatic carbocycles. The van der Waals surface area contributed by atoms with E-state index in [4.69, 9.17) is 4.98 Å². The molecule has 140 valence electrons. The first kappa shape index (κ1) is 16.1. The second-order valence-electron chi connectivity index (χ2n) is 8.35. The molecule has 7 rings (SSSR count). The van der Waals surface area contributed by atoms with E-state index in [2.05, 4.69) is 91.9 Å². The van der Waals surface area contributed by atoms with Crippen molar-refractivity contribution in [2.75, 3.05) is 0 Å². The predicted molar refractivity (Wildman–Crippen MR) is 127 cm³/mol. The SMILES string of the molecule is Cc1nc2ccccc2c2c1Cc1c-2ccc2c3ccccc3c3ccccc3c12. The van der Waals surface area contributed by atoms with E-state index >= 15 is 0 Å². The Kier molecular flexibility index (Phi) is 3.05. The molecule has 0 saturated heterocycles. The lowest BCUT2D eigenvalue weighted by atomic mass is 9.89. The number of rotatable bonds is 0. The highest BCUT2D eigenvalue weighted by Gasteiger charge is 2.26. The molecule has 0 bridgehead atoms. The summed E-state index contributed by atoms with van der Waals surface area (Å²) < 4.78 is 0. The van der Waals surface area contributed by atoms with Crippen LogP contribution in [0.4, 0.5) is 0 Å². The minimum atomic E-state index is 0.952. The fourth-order valence-corrected chi connectivity index (χ4v) is 5.56. The average molecular weight is 381 g/mol. The summed E-state index contributed by atoms with van der Waals surface area (Å²) in [5.74, 6) is 0. The van der Waals surface area contributed by atoms with Crippen LogP contribution < -0.4 is 0 Å². The van der Waals surface area contributed by atoms with E-state index in [1.807, 2.05) is 0 Å². The summed E-state index contributed by atoms with van der Waals surface area (Å²) in [6, 6.07) is 30.9. The second kappa shape index (κ2) is 5.67. The molecule has 0 fully saturated rings. The normalized spacial score (nSPS) is 12.7. The molecule has 1 aliphatic rings. The maximum Gasteiger partial charge on any atom is 0.0711 e. The molecular weight excluding hydrogens is 362 g/mol. The van der Waals surface area contributed by atoms with Gasteiger partial charge in [-0.3, -0.25) is 4.98 Å². The van der Waals surface area contributed by atoms with Crippen LogP contribution in [0.1, 0.15) is 16.8 Å². The van der Waals surface area contributed by atoms with E-state index in [1.165, 1.54) is 60.0 Å². The van der Waals surface area contributed by atoms with Crippen molar-refractivity contribution in [3.63, 3.8) is 0 Å². The van der Waals surface area contributed by atoms with Crippen LogP contribution in [0.2, 0.25) is 0 Å². The zero-order valence-corrected chi connectivity index (χ0v) is 16.7. The summed E-state index contributed by atoms with van der Waals surface area (Å²) in [5.41, 5.74) is 7.83. The molecule has 1 heterocycles. The zero-order chi connectivity index (χ0) is 19.8. The third kappa shape index (κ3) is 1.95. The van der Waals surface area contributed by atoms with Crippen molar-refractivity contribution in [3.8, 4) is 11.1 Å². The molecule has 30 heavy (non-hydrogen) atoms. The molecule has 0 radical (unpaired) electrons. The zero-order valence-electron chi connectivity index (χ0n) is 16.7. The highest BCUT2D eigenvalue weighted by Crippen LogP contribution is 2.47. The molecule has 0 N–H and O–H groups in total. The number of benzene rings is 5. The lowest BCUT2D eigenvalue weighted by molar-refractivity contribution is 1.15. The van der Waals surface area contributed by atoms with E-state index in [0.29, 0.717) is 0 Å². The molecule has 0 amide bonds. The summed E-state index contributed by atoms with van der Waals surface area (Å²) >= 11 is 0. The fourth-order valence-electron chi connectivity index (χ4n) is 5.56. The smallest absolute Gasteiger partial charge is 0.0711 e. The Labute approximate surface area is 174 Å². The molecule has 6 aromatic rings. The van der Waals surface area contributed by atoms with Crippen LogP contribution in [0.5, 0.6) is 0 Å². The lowest BCUT2D eigenvalue weighted by Gasteiger charge is -2.14. The van der Waals surface area contributed by atoms with Gasteiger partial charge in [-0.05, 0) is 67.6 Å². The maximum absolute atomic E-state index is 4.92. The van der Waals surface area contributed by atoms with Crippen LogP contribution in [0.3, 0.4) is 0 Å². The van der Waals surface area contributed by atoms with Gasteiger partial charge in [0.2, 0.25) is 0 Å². The van der Waals surface area contributed by atoms with Crippen LogP contribution in [0.25, 0.3) is 54.3 Å². The number of aromatic nitrogens is 1. The van der Waals surface area contributed by atoms with Gasteiger partial charge in [-0.2, -0.15) is 0 Å². The first-order chi connectivity index (χ1) is 14.8. The van der Waals surface area contributed by atoms with Crippen LogP contribution in [0, 0.1) is 6.92 Å². The molecule has 1 nitrogen and oxygen atoms in total. The first-order valence-electron chi connectivity index (χ1n) is 10.5. The van der Waals surface area contributed by atoms with Crippen molar-refractivity contribution < 1.29 is 0 Å². The molecule has 1 heteroatoms. The van der Waals surface area contributed by atoms with E-state index in [9.17, 15) is 0 Å². The summed E-state index contributed by atoms with van der Waals surface area (Å²) in [7, 11) is 0. The van der Waals surface area contributed by atoms with Gasteiger partial charge in [0.05, 0.1) is 5.52 Å². The third-order valence-corrected chi connectivity index (χ3v) is 6.84. The standard InChI is InChI=1S/C29H19N/c1-17-25-16-26-23(29(25)24-12-6-7-13-27(24)30-17)15-14-22-20-10-3-2-8-18(20)19-9-4-5-11-21(19)28(22)26/h2-15H,16H2,1H3. The van der Waals surface area contributed by atoms with Crippen molar-refractivity contribution in [1.29, 1.82) is 0 Å². The van der Waals surface area contributed by atoms with Gasteiger partial charge in [0, 0.05) is 17.5 Å². The van der Waals surface area contributed by atoms with Gasteiger partial charge >= 0.3 is 0 Å². The van der Waals surface area contributed by atoms with Crippen molar-refractivity contribution in [3.05, 3.63) is 102 Å². The van der Waals surface area contributed by atoms with Gasteiger partial charge in [0.25, 0.3) is 0 Å². The topological polar surface area (TPSA) is 12.9 Å². The van der Waals surface area contributed by atoms with Gasteiger partial charge < -0.3 is 0 Å². The van der Waals surface area contributed by atoms with Crippen LogP contribution in [-0.2, 0) is 6.42 Å². The molecular formula is C29H19N. The number of pyridine rings is 1. The number of para-hydroxylation sites is 1. The summed E-state index contributed by atoms with van der Waals surface area (Å²) in [5, 5.41) is 9.38. The van der Waals surface area contributed by atoms with Crippen LogP contribution in [0.15, 0.2) is 84.9 Å². The van der Waals surface area contributed by atoms with Crippen molar-refractivity contribution in [2.45, 2.75) is 13.3 Å². The third-order valence-electron chi connectivity index (χ3n) is 6.84. The minimum Gasteiger partial charge on any atom is -0.253 e. The van der Waals surface area contributed by atoms with Crippen LogP contribution >= 0.6 is 0 Å². The van der Waals surface area contributed by atoms with E-state index < -0.39 is 0 Å². The Morgan fingerprint density at radius 3 is 1.87 bits per heavy atom. The van der Waals surface area contributed by atoms with E-state index in [0.717, 1.165) is 17.6 Å². The Morgan fingerprint density at radius 1 is 0.567 bits per heavy atom. The minimum absolute atomic E-state index is 0.952. The van der Waals surface area contributed by atoms with E-state index in [-0.39, 0.29) is 0 Å². The fraction of sp³-hybridized carbons (Fsp3) is 0.0690. The summed E-state index contributed by atoms with van der Waals surface area (Å²) in [6.07, 6.45) is 0.952. The van der Waals surface area contributed by atoms with Crippen molar-refractivity contribution in [1.82, 2.24) is 4.98 Å². The maximum atomic E-state index is 4.92. The Hall–Kier alpha value is -3.71. The lowest BCUT2D eigenvalue weighted by Crippen LogP contribution is -1.93. The largest absolute Gasteiger partial charge is 0.253 e. The highest BCUT2D eigenvalue weighted by atomic mass is 14.7. The van der Waals surface area contributed by atoms with Gasteiger partial charge in [-0.25, -0.2) is 0 Å². The molecule has 0 unspecified atom stereocenters. The van der Waals surface area contributed by atoms with Gasteiger partial charge in [-0.15, -0.1) is 0 Å². The number of fused-ring (bicyclic) bond motifs is 12. The summed E-state index contributed by atoms with van der Waals surface area (Å²) in [6.45, 7) is 2.16. The predicted octanol–water partition coefficient (Wildman–Crippen LogP) is 7.57. The number of nitrogens with zero attached hydrogens (tertiary/aromatic N) is 1. The van der Waals surface area contributed by atoms with Crippen molar-refractivity contribution in [2.24, 2.45) is 0 Å². The molecule has 0 saturated carbocycles. The monoisotopic (exact) mass is 381 g/mol. The average Bonchev–Trinajstić information content (AvgIpc) is 3.20. The number of hydrogen-bond donors (Lipinski definition) is 0. The van der Waals surface area contributed by atoms with Gasteiger partial charge in [0.15, 0.2) is 0 Å². The number of hydrogen-bond acceptors (Lipinski definition) is 1. The van der Waals surface area contributed by atoms with E-state index in [1.54, 1.807) is 0 Å². The molecule has 1 aromatic heterocycles. The summed E-state index contributed by atoms with van der Waals surface area (Å²) in [4.78, 5) is 4.92. The molecule has 0 atom stereocenters. The quantitative estimate of drug-likeness (QED) is 0.247. The molecule has 1 aliphatic carbocycles. The Balaban J connectivity index is 1.71. The number of aryl methyl sites for hydroxylation is 1. The second-order valence-corrected chi connectivity index (χ2v) is 8.35. The van der Waals surface area contributed by atoms with Crippen LogP contribution in [-0.4, -0.2) is 4.98 Å². The van der Waals surface area contributed by atoms with Crippen molar-refractivity contribution >= 4 is 43.2 Å². The van der Waals surface area contributed by atoms with Gasteiger partial charge in [-0.1, -0.05) is 78.9 Å².